The summed E-state index contributed by atoms with van der Waals surface area (Å²) in [5.41, 5.74) is 1.23. The van der Waals surface area contributed by atoms with Gasteiger partial charge in [0.1, 0.15) is 11.5 Å². The molecule has 2 bridgehead atoms. The smallest absolute Gasteiger partial charge is 0.280 e. The molecule has 6 rings (SSSR count). The molecule has 1 spiro atoms. The molecule has 3 aliphatic carbocycles. The topological polar surface area (TPSA) is 106 Å². The number of rotatable bonds is 4. The molecule has 31 heavy (non-hydrogen) atoms. The fourth-order valence-electron chi connectivity index (χ4n) is 5.86. The minimum atomic E-state index is -0.450. The van der Waals surface area contributed by atoms with E-state index in [1.54, 1.807) is 31.2 Å². The number of allylic oxidation sites excluding steroid dienone is 2. The molecule has 4 aliphatic rings. The standard InChI is InChI=1S/C23H19N3O5/c1-12-2-4-14(17(10-12)26(29)30)18-7-3-13(31-18)11-24-25-21(27)19-15-5-6-16(20(19)22(25)28)23(15)8-9-23/h2-7,10-11,15-16,19-20H,8-9H2,1H3/t15-,16-,19-,20+/m1/s1. The monoisotopic (exact) mass is 417 g/mol. The lowest BCUT2D eigenvalue weighted by Crippen LogP contribution is -2.30. The zero-order chi connectivity index (χ0) is 21.5. The van der Waals surface area contributed by atoms with Crippen LogP contribution in [0.1, 0.15) is 24.2 Å². The summed E-state index contributed by atoms with van der Waals surface area (Å²) in [6.07, 6.45) is 7.73. The highest BCUT2D eigenvalue weighted by Gasteiger charge is 2.73. The van der Waals surface area contributed by atoms with Crippen molar-refractivity contribution in [3.63, 3.8) is 0 Å². The molecule has 1 aliphatic heterocycles. The first-order valence-electron chi connectivity index (χ1n) is 10.4. The Morgan fingerprint density at radius 1 is 1.13 bits per heavy atom. The predicted octanol–water partition coefficient (Wildman–Crippen LogP) is 3.69. The van der Waals surface area contributed by atoms with Crippen LogP contribution in [0.2, 0.25) is 0 Å². The number of hydrazone groups is 1. The SMILES string of the molecule is Cc1ccc(-c2ccc(C=NN3C(=O)[C@@H]4[C@H](C3=O)[C@H]3C=C[C@H]4C34CC4)o2)c([N+](=O)[O-])c1. The van der Waals surface area contributed by atoms with Crippen LogP contribution in [-0.4, -0.2) is 28.0 Å². The van der Waals surface area contributed by atoms with Gasteiger partial charge in [0.05, 0.1) is 28.5 Å². The van der Waals surface area contributed by atoms with Gasteiger partial charge in [0, 0.05) is 6.07 Å². The van der Waals surface area contributed by atoms with Gasteiger partial charge in [-0.05, 0) is 60.8 Å². The van der Waals surface area contributed by atoms with Crippen LogP contribution in [0.5, 0.6) is 0 Å². The van der Waals surface area contributed by atoms with Crippen LogP contribution in [0.25, 0.3) is 11.3 Å². The maximum absolute atomic E-state index is 13.0. The Bertz CT molecular complexity index is 1190. The number of imide groups is 1. The van der Waals surface area contributed by atoms with Gasteiger partial charge in [-0.2, -0.15) is 10.1 Å². The number of nitro groups is 1. The van der Waals surface area contributed by atoms with E-state index in [1.165, 1.54) is 12.3 Å². The van der Waals surface area contributed by atoms with Gasteiger partial charge in [-0.15, -0.1) is 0 Å². The second-order valence-electron chi connectivity index (χ2n) is 8.93. The van der Waals surface area contributed by atoms with Gasteiger partial charge in [0.15, 0.2) is 0 Å². The van der Waals surface area contributed by atoms with Crippen LogP contribution in [0.15, 0.2) is 52.0 Å². The average Bonchev–Trinajstić information content (AvgIpc) is 3.03. The Kier molecular flexibility index (Phi) is 3.53. The van der Waals surface area contributed by atoms with E-state index in [4.69, 9.17) is 4.42 Å². The van der Waals surface area contributed by atoms with Gasteiger partial charge in [-0.3, -0.25) is 19.7 Å². The first-order valence-corrected chi connectivity index (χ1v) is 10.4. The highest BCUT2D eigenvalue weighted by atomic mass is 16.6. The molecule has 2 aromatic rings. The molecule has 2 amide bonds. The third-order valence-corrected chi connectivity index (χ3v) is 7.37. The fraction of sp³-hybridized carbons (Fsp3) is 0.348. The van der Waals surface area contributed by atoms with E-state index in [0.717, 1.165) is 23.4 Å². The lowest BCUT2D eigenvalue weighted by atomic mass is 9.85. The number of hydrogen-bond donors (Lipinski definition) is 0. The fourth-order valence-corrected chi connectivity index (χ4v) is 5.86. The van der Waals surface area contributed by atoms with Crippen molar-refractivity contribution in [1.82, 2.24) is 5.01 Å². The third kappa shape index (κ3) is 2.38. The Morgan fingerprint density at radius 3 is 2.42 bits per heavy atom. The second-order valence-corrected chi connectivity index (χ2v) is 8.93. The highest BCUT2D eigenvalue weighted by molar-refractivity contribution is 6.07. The molecule has 1 aromatic carbocycles. The van der Waals surface area contributed by atoms with E-state index in [0.29, 0.717) is 17.1 Å². The lowest BCUT2D eigenvalue weighted by molar-refractivity contribution is -0.384. The summed E-state index contributed by atoms with van der Waals surface area (Å²) in [5.74, 6) is -0.156. The number of carbonyl (C=O) groups excluding carboxylic acids is 2. The molecule has 156 valence electrons. The number of nitrogens with zero attached hydrogens (tertiary/aromatic N) is 3. The minimum Gasteiger partial charge on any atom is -0.455 e. The quantitative estimate of drug-likeness (QED) is 0.248. The van der Waals surface area contributed by atoms with Crippen molar-refractivity contribution >= 4 is 23.7 Å². The van der Waals surface area contributed by atoms with Crippen LogP contribution in [0.3, 0.4) is 0 Å². The van der Waals surface area contributed by atoms with Crippen molar-refractivity contribution in [2.24, 2.45) is 34.2 Å². The second kappa shape index (κ2) is 6.00. The van der Waals surface area contributed by atoms with Crippen molar-refractivity contribution < 1.29 is 18.9 Å². The molecular weight excluding hydrogens is 398 g/mol. The van der Waals surface area contributed by atoms with E-state index in [-0.39, 0.29) is 46.6 Å². The molecule has 0 radical (unpaired) electrons. The molecule has 8 nitrogen and oxygen atoms in total. The normalized spacial score (nSPS) is 29.5. The maximum Gasteiger partial charge on any atom is 0.280 e. The summed E-state index contributed by atoms with van der Waals surface area (Å²) in [6.45, 7) is 1.78. The molecule has 0 N–H and O–H groups in total. The Labute approximate surface area is 177 Å². The number of benzene rings is 1. The summed E-state index contributed by atoms with van der Waals surface area (Å²) < 4.78 is 5.71. The van der Waals surface area contributed by atoms with E-state index in [9.17, 15) is 19.7 Å². The number of aryl methyl sites for hydroxylation is 1. The van der Waals surface area contributed by atoms with Crippen LogP contribution in [0, 0.1) is 46.1 Å². The van der Waals surface area contributed by atoms with Crippen molar-refractivity contribution in [2.45, 2.75) is 19.8 Å². The Morgan fingerprint density at radius 2 is 1.81 bits per heavy atom. The van der Waals surface area contributed by atoms with Crippen LogP contribution in [0.4, 0.5) is 5.69 Å². The maximum atomic E-state index is 13.0. The summed E-state index contributed by atoms with van der Waals surface area (Å²) >= 11 is 0. The molecular formula is C23H19N3O5. The van der Waals surface area contributed by atoms with Crippen LogP contribution in [-0.2, 0) is 9.59 Å². The molecule has 8 heteroatoms. The Balaban J connectivity index is 1.25. The first-order chi connectivity index (χ1) is 14.9. The molecule has 3 fully saturated rings. The molecule has 0 unspecified atom stereocenters. The summed E-state index contributed by atoms with van der Waals surface area (Å²) in [4.78, 5) is 36.8. The van der Waals surface area contributed by atoms with E-state index < -0.39 is 4.92 Å². The van der Waals surface area contributed by atoms with Gasteiger partial charge >= 0.3 is 0 Å². The van der Waals surface area contributed by atoms with Crippen molar-refractivity contribution in [2.75, 3.05) is 0 Å². The van der Waals surface area contributed by atoms with Crippen LogP contribution < -0.4 is 0 Å². The number of fused-ring (bicyclic) bond motifs is 3. The van der Waals surface area contributed by atoms with Gasteiger partial charge in [0.2, 0.25) is 0 Å². The number of hydrogen-bond acceptors (Lipinski definition) is 6. The van der Waals surface area contributed by atoms with Gasteiger partial charge in [0.25, 0.3) is 17.5 Å². The average molecular weight is 417 g/mol. The summed E-state index contributed by atoms with van der Waals surface area (Å²) in [7, 11) is 0. The molecule has 2 saturated carbocycles. The van der Waals surface area contributed by atoms with Gasteiger partial charge in [-0.25, -0.2) is 0 Å². The lowest BCUT2D eigenvalue weighted by Gasteiger charge is -2.18. The van der Waals surface area contributed by atoms with Crippen molar-refractivity contribution in [3.8, 4) is 11.3 Å². The molecule has 2 heterocycles. The largest absolute Gasteiger partial charge is 0.455 e. The zero-order valence-corrected chi connectivity index (χ0v) is 16.7. The first kappa shape index (κ1) is 18.2. The van der Waals surface area contributed by atoms with Crippen LogP contribution >= 0.6 is 0 Å². The van der Waals surface area contributed by atoms with Gasteiger partial charge < -0.3 is 4.42 Å². The molecule has 4 atom stereocenters. The summed E-state index contributed by atoms with van der Waals surface area (Å²) in [6, 6.07) is 8.12. The highest BCUT2D eigenvalue weighted by Crippen LogP contribution is 2.73. The number of nitro benzene ring substituents is 1. The van der Waals surface area contributed by atoms with Crippen molar-refractivity contribution in [1.29, 1.82) is 0 Å². The number of amides is 2. The number of furan rings is 1. The summed E-state index contributed by atoms with van der Waals surface area (Å²) in [5, 5.41) is 16.5. The molecule has 1 saturated heterocycles. The minimum absolute atomic E-state index is 0.0486. The van der Waals surface area contributed by atoms with E-state index in [1.807, 2.05) is 0 Å². The zero-order valence-electron chi connectivity index (χ0n) is 16.7. The van der Waals surface area contributed by atoms with Crippen molar-refractivity contribution in [3.05, 3.63) is 63.9 Å². The van der Waals surface area contributed by atoms with Gasteiger partial charge in [-0.1, -0.05) is 18.2 Å². The molecule has 1 aromatic heterocycles. The predicted molar refractivity (Wildman–Crippen MR) is 110 cm³/mol. The Hall–Kier alpha value is -3.55. The van der Waals surface area contributed by atoms with E-state index in [2.05, 4.69) is 17.3 Å². The number of carbonyl (C=O) groups is 2. The van der Waals surface area contributed by atoms with E-state index >= 15 is 0 Å². The third-order valence-electron chi connectivity index (χ3n) is 7.37.